The van der Waals surface area contributed by atoms with Crippen molar-refractivity contribution in [3.8, 4) is 5.88 Å². The van der Waals surface area contributed by atoms with Crippen LogP contribution in [0.3, 0.4) is 0 Å². The first kappa shape index (κ1) is 16.8. The number of rotatable bonds is 6. The minimum absolute atomic E-state index is 0.107. The second-order valence-corrected chi connectivity index (χ2v) is 7.75. The molecule has 1 N–H and O–H groups in total. The molecule has 2 atom stereocenters. The van der Waals surface area contributed by atoms with Gasteiger partial charge in [-0.05, 0) is 57.4 Å². The Balaban J connectivity index is 1.43. The fraction of sp³-hybridized carbons (Fsp3) is 0.684. The van der Waals surface area contributed by atoms with E-state index in [1.54, 1.807) is 6.20 Å². The lowest BCUT2D eigenvalue weighted by atomic mass is 10.1. The molecule has 6 nitrogen and oxygen atoms in total. The van der Waals surface area contributed by atoms with Gasteiger partial charge in [0, 0.05) is 24.8 Å². The molecule has 136 valence electrons. The van der Waals surface area contributed by atoms with Crippen LogP contribution in [0.15, 0.2) is 12.3 Å². The third-order valence-electron chi connectivity index (χ3n) is 4.99. The van der Waals surface area contributed by atoms with Crippen LogP contribution in [0.2, 0.25) is 0 Å². The molecule has 2 saturated carbocycles. The van der Waals surface area contributed by atoms with Gasteiger partial charge in [0.25, 0.3) is 5.91 Å². The lowest BCUT2D eigenvalue weighted by Crippen LogP contribution is -2.53. The quantitative estimate of drug-likeness (QED) is 0.858. The highest BCUT2D eigenvalue weighted by Crippen LogP contribution is 2.44. The fourth-order valence-corrected chi connectivity index (χ4v) is 3.36. The summed E-state index contributed by atoms with van der Waals surface area (Å²) < 4.78 is 11.6. The lowest BCUT2D eigenvalue weighted by Gasteiger charge is -2.35. The summed E-state index contributed by atoms with van der Waals surface area (Å²) in [5.41, 5.74) is 4.69. The zero-order valence-corrected chi connectivity index (χ0v) is 15.0. The zero-order valence-electron chi connectivity index (χ0n) is 15.0. The maximum absolute atomic E-state index is 12.6. The third-order valence-corrected chi connectivity index (χ3v) is 4.99. The number of morpholine rings is 1. The maximum atomic E-state index is 12.6. The van der Waals surface area contributed by atoms with Gasteiger partial charge in [0.1, 0.15) is 0 Å². The van der Waals surface area contributed by atoms with Crippen LogP contribution >= 0.6 is 0 Å². The first-order chi connectivity index (χ1) is 12.1. The van der Waals surface area contributed by atoms with Crippen LogP contribution in [0.5, 0.6) is 5.88 Å². The van der Waals surface area contributed by atoms with Crippen LogP contribution < -0.4 is 10.2 Å². The number of hydrazine groups is 1. The number of ether oxygens (including phenoxy) is 2. The molecule has 1 aliphatic heterocycles. The number of nitrogens with one attached hydrogen (secondary N) is 1. The Hall–Kier alpha value is -1.66. The molecule has 0 unspecified atom stereocenters. The normalized spacial score (nSPS) is 27.1. The van der Waals surface area contributed by atoms with Crippen LogP contribution in [0.4, 0.5) is 0 Å². The highest BCUT2D eigenvalue weighted by Gasteiger charge is 2.30. The second kappa shape index (κ2) is 6.92. The molecule has 1 aromatic heterocycles. The average molecular weight is 345 g/mol. The molecule has 1 amide bonds. The molecule has 0 radical (unpaired) electrons. The van der Waals surface area contributed by atoms with E-state index < -0.39 is 0 Å². The summed E-state index contributed by atoms with van der Waals surface area (Å²) in [6.07, 6.45) is 6.70. The Morgan fingerprint density at radius 1 is 1.28 bits per heavy atom. The number of carbonyl (C=O) groups excluding carboxylic acids is 1. The Labute approximate surface area is 148 Å². The van der Waals surface area contributed by atoms with Crippen molar-refractivity contribution in [2.75, 3.05) is 19.7 Å². The van der Waals surface area contributed by atoms with Crippen LogP contribution in [-0.2, 0) is 4.74 Å². The molecule has 3 fully saturated rings. The fourth-order valence-electron chi connectivity index (χ4n) is 3.36. The van der Waals surface area contributed by atoms with Gasteiger partial charge in [-0.1, -0.05) is 0 Å². The maximum Gasteiger partial charge on any atom is 0.267 e. The summed E-state index contributed by atoms with van der Waals surface area (Å²) in [5.74, 6) is 1.81. The molecule has 2 aliphatic carbocycles. The molecule has 4 rings (SSSR count). The molecule has 6 heteroatoms. The number of nitrogens with zero attached hydrogens (tertiary/aromatic N) is 2. The summed E-state index contributed by atoms with van der Waals surface area (Å²) in [6.45, 7) is 6.19. The van der Waals surface area contributed by atoms with Crippen LogP contribution in [0.1, 0.15) is 61.4 Å². The van der Waals surface area contributed by atoms with Gasteiger partial charge in [-0.25, -0.2) is 9.99 Å². The number of hydrogen-bond donors (Lipinski definition) is 1. The minimum atomic E-state index is -0.107. The largest absolute Gasteiger partial charge is 0.477 e. The molecule has 25 heavy (non-hydrogen) atoms. The first-order valence-electron chi connectivity index (χ1n) is 9.42. The molecule has 2 heterocycles. The van der Waals surface area contributed by atoms with Gasteiger partial charge in [0.2, 0.25) is 5.88 Å². The predicted molar refractivity (Wildman–Crippen MR) is 93.5 cm³/mol. The Morgan fingerprint density at radius 3 is 2.64 bits per heavy atom. The first-order valence-corrected chi connectivity index (χ1v) is 9.42. The summed E-state index contributed by atoms with van der Waals surface area (Å²) in [4.78, 5) is 17.1. The van der Waals surface area contributed by atoms with Crippen molar-refractivity contribution in [2.24, 2.45) is 5.92 Å². The van der Waals surface area contributed by atoms with E-state index >= 15 is 0 Å². The van der Waals surface area contributed by atoms with Gasteiger partial charge in [0.05, 0.1) is 24.4 Å². The van der Waals surface area contributed by atoms with Crippen molar-refractivity contribution in [1.29, 1.82) is 0 Å². The lowest BCUT2D eigenvalue weighted by molar-refractivity contribution is -0.0797. The smallest absolute Gasteiger partial charge is 0.267 e. The number of pyridine rings is 1. The van der Waals surface area contributed by atoms with E-state index in [1.807, 2.05) is 24.9 Å². The van der Waals surface area contributed by atoms with Gasteiger partial charge in [-0.3, -0.25) is 10.2 Å². The monoisotopic (exact) mass is 345 g/mol. The highest BCUT2D eigenvalue weighted by atomic mass is 16.5. The summed E-state index contributed by atoms with van der Waals surface area (Å²) in [7, 11) is 0. The summed E-state index contributed by atoms with van der Waals surface area (Å²) in [6, 6.07) is 1.97. The minimum Gasteiger partial charge on any atom is -0.477 e. The van der Waals surface area contributed by atoms with Gasteiger partial charge in [-0.15, -0.1) is 0 Å². The summed E-state index contributed by atoms with van der Waals surface area (Å²) >= 11 is 0. The SMILES string of the molecule is C[C@@H]1CN(NC(=O)c2cnc(OCC3CC3)c(C3CC3)c2)C[C@H](C)O1. The van der Waals surface area contributed by atoms with E-state index in [2.05, 4.69) is 10.4 Å². The van der Waals surface area contributed by atoms with E-state index in [1.165, 1.54) is 12.8 Å². The Bertz CT molecular complexity index is 633. The van der Waals surface area contributed by atoms with Crippen LogP contribution in [-0.4, -0.2) is 47.8 Å². The van der Waals surface area contributed by atoms with Gasteiger partial charge in [0.15, 0.2) is 0 Å². The number of aromatic nitrogens is 1. The highest BCUT2D eigenvalue weighted by molar-refractivity contribution is 5.93. The van der Waals surface area contributed by atoms with Crippen LogP contribution in [0.25, 0.3) is 0 Å². The topological polar surface area (TPSA) is 63.7 Å². The molecule has 1 saturated heterocycles. The van der Waals surface area contributed by atoms with Crippen molar-refractivity contribution in [3.05, 3.63) is 23.4 Å². The van der Waals surface area contributed by atoms with E-state index in [-0.39, 0.29) is 18.1 Å². The number of amides is 1. The molecular formula is C19H27N3O3. The van der Waals surface area contributed by atoms with Gasteiger partial charge in [-0.2, -0.15) is 0 Å². The zero-order chi connectivity index (χ0) is 17.4. The van der Waals surface area contributed by atoms with E-state index in [9.17, 15) is 4.79 Å². The molecular weight excluding hydrogens is 318 g/mol. The van der Waals surface area contributed by atoms with Crippen molar-refractivity contribution in [3.63, 3.8) is 0 Å². The van der Waals surface area contributed by atoms with Crippen molar-refractivity contribution < 1.29 is 14.3 Å². The van der Waals surface area contributed by atoms with Gasteiger partial charge >= 0.3 is 0 Å². The Morgan fingerprint density at radius 2 is 2.00 bits per heavy atom. The predicted octanol–water partition coefficient (Wildman–Crippen LogP) is 2.50. The second-order valence-electron chi connectivity index (χ2n) is 7.75. The number of hydrogen-bond acceptors (Lipinski definition) is 5. The Kier molecular flexibility index (Phi) is 4.65. The van der Waals surface area contributed by atoms with Crippen molar-refractivity contribution in [2.45, 2.75) is 57.7 Å². The van der Waals surface area contributed by atoms with Crippen LogP contribution in [0, 0.1) is 5.92 Å². The third kappa shape index (κ3) is 4.30. The summed E-state index contributed by atoms with van der Waals surface area (Å²) in [5, 5.41) is 1.94. The molecule has 0 aromatic carbocycles. The number of carbonyl (C=O) groups is 1. The van der Waals surface area contributed by atoms with Gasteiger partial charge < -0.3 is 9.47 Å². The standard InChI is InChI=1S/C19H27N3O3/c1-12-9-22(10-13(2)25-12)21-18(23)16-7-17(15-5-6-15)19(20-8-16)24-11-14-3-4-14/h7-8,12-15H,3-6,9-11H2,1-2H3,(H,21,23)/t12-,13+. The van der Waals surface area contributed by atoms with Crippen molar-refractivity contribution in [1.82, 2.24) is 15.4 Å². The van der Waals surface area contributed by atoms with E-state index in [0.29, 0.717) is 30.5 Å². The molecule has 0 spiro atoms. The van der Waals surface area contributed by atoms with Crippen molar-refractivity contribution >= 4 is 5.91 Å². The molecule has 1 aromatic rings. The van der Waals surface area contributed by atoms with E-state index in [0.717, 1.165) is 30.9 Å². The molecule has 3 aliphatic rings. The van der Waals surface area contributed by atoms with E-state index in [4.69, 9.17) is 9.47 Å². The average Bonchev–Trinajstić information content (AvgIpc) is 3.46. The molecule has 0 bridgehead atoms.